The Morgan fingerprint density at radius 1 is 1.29 bits per heavy atom. The molecule has 0 saturated heterocycles. The van der Waals surface area contributed by atoms with E-state index in [4.69, 9.17) is 4.74 Å². The first-order valence-electron chi connectivity index (χ1n) is 6.05. The van der Waals surface area contributed by atoms with Crippen molar-refractivity contribution in [1.82, 2.24) is 4.98 Å². The Morgan fingerprint density at radius 2 is 1.90 bits per heavy atom. The van der Waals surface area contributed by atoms with Gasteiger partial charge in [0.15, 0.2) is 0 Å². The number of carbonyl (C=O) groups excluding carboxylic acids is 1. The maximum atomic E-state index is 10.7. The molecule has 0 bridgehead atoms. The fraction of sp³-hybridized carbons (Fsp3) is 0.333. The molecular weight excluding hydrogens is 399 g/mol. The van der Waals surface area contributed by atoms with Crippen molar-refractivity contribution < 1.29 is 9.53 Å². The number of aromatic nitrogens is 1. The summed E-state index contributed by atoms with van der Waals surface area (Å²) in [4.78, 5) is 15.1. The summed E-state index contributed by atoms with van der Waals surface area (Å²) in [5.41, 5.74) is 0.760. The van der Waals surface area contributed by atoms with Crippen LogP contribution in [-0.4, -0.2) is 31.5 Å². The Morgan fingerprint density at radius 3 is 2.43 bits per heavy atom. The molecule has 114 valence electrons. The van der Waals surface area contributed by atoms with Crippen LogP contribution in [0, 0.1) is 0 Å². The fourth-order valence-electron chi connectivity index (χ4n) is 1.56. The van der Waals surface area contributed by atoms with Gasteiger partial charge in [-0.15, -0.1) is 0 Å². The van der Waals surface area contributed by atoms with Gasteiger partial charge in [0, 0.05) is 0 Å². The normalized spacial score (nSPS) is 10.7. The molecule has 4 nitrogen and oxygen atoms in total. The summed E-state index contributed by atoms with van der Waals surface area (Å²) < 4.78 is 8.55. The zero-order valence-corrected chi connectivity index (χ0v) is 14.7. The van der Waals surface area contributed by atoms with E-state index in [-0.39, 0.29) is 27.5 Å². The van der Waals surface area contributed by atoms with Gasteiger partial charge < -0.3 is 0 Å². The van der Waals surface area contributed by atoms with Crippen LogP contribution in [0.25, 0.3) is 10.0 Å². The molecular formula is C15H19BrN2O2Se. The van der Waals surface area contributed by atoms with Crippen LogP contribution in [0.2, 0.25) is 0 Å². The van der Waals surface area contributed by atoms with Gasteiger partial charge in [-0.25, -0.2) is 0 Å². The minimum atomic E-state index is -0.290. The van der Waals surface area contributed by atoms with E-state index < -0.39 is 0 Å². The van der Waals surface area contributed by atoms with Gasteiger partial charge in [-0.3, -0.25) is 0 Å². The maximum absolute atomic E-state index is 10.7. The van der Waals surface area contributed by atoms with E-state index in [9.17, 15) is 4.79 Å². The van der Waals surface area contributed by atoms with E-state index in [0.29, 0.717) is 17.0 Å². The van der Waals surface area contributed by atoms with Crippen LogP contribution >= 0.6 is 15.9 Å². The zero-order chi connectivity index (χ0) is 14.8. The molecule has 21 heavy (non-hydrogen) atoms. The topological polar surface area (TPSA) is 51.2 Å². The monoisotopic (exact) mass is 418 g/mol. The summed E-state index contributed by atoms with van der Waals surface area (Å²) in [6.45, 7) is 5.95. The summed E-state index contributed by atoms with van der Waals surface area (Å²) in [7, 11) is 0. The molecule has 0 spiro atoms. The van der Waals surface area contributed by atoms with E-state index in [1.54, 1.807) is 0 Å². The molecule has 0 saturated carbocycles. The Balaban J connectivity index is 0.00000220. The van der Waals surface area contributed by atoms with Gasteiger partial charge >= 0.3 is 132 Å². The Bertz CT molecular complexity index is 603. The average molecular weight is 418 g/mol. The van der Waals surface area contributed by atoms with E-state index in [2.05, 4.69) is 26.2 Å². The Hall–Kier alpha value is -1.10. The van der Waals surface area contributed by atoms with Crippen LogP contribution in [0.5, 0.6) is 4.75 Å². The number of amides is 1. The number of halogens is 1. The second-order valence-corrected chi connectivity index (χ2v) is 8.07. The third-order valence-corrected chi connectivity index (χ3v) is 4.89. The number of benzene rings is 1. The van der Waals surface area contributed by atoms with Crippen molar-refractivity contribution >= 4 is 42.7 Å². The van der Waals surface area contributed by atoms with Gasteiger partial charge in [0.05, 0.1) is 0 Å². The Kier molecular flexibility index (Phi) is 6.20. The molecule has 6 heteroatoms. The number of rotatable bonds is 4. The third kappa shape index (κ3) is 4.99. The fourth-order valence-corrected chi connectivity index (χ4v) is 4.04. The number of nitrogens with zero attached hydrogens (tertiary/aromatic N) is 1. The molecule has 0 fully saturated rings. The molecule has 1 N–H and O–H groups in total. The zero-order valence-electron chi connectivity index (χ0n) is 11.4. The Labute approximate surface area is 139 Å². The first-order valence-corrected chi connectivity index (χ1v) is 8.55. The van der Waals surface area contributed by atoms with Crippen molar-refractivity contribution in [3.8, 4) is 14.8 Å². The van der Waals surface area contributed by atoms with Crippen molar-refractivity contribution in [1.29, 1.82) is 0 Å². The quantitative estimate of drug-likeness (QED) is 0.605. The van der Waals surface area contributed by atoms with E-state index in [1.165, 1.54) is 0 Å². The first kappa shape index (κ1) is 17.9. The van der Waals surface area contributed by atoms with E-state index >= 15 is 0 Å². The summed E-state index contributed by atoms with van der Waals surface area (Å²) in [5.74, 6) is 0.585. The van der Waals surface area contributed by atoms with Crippen LogP contribution in [0.15, 0.2) is 28.7 Å². The third-order valence-electron chi connectivity index (χ3n) is 2.30. The van der Waals surface area contributed by atoms with Gasteiger partial charge in [0.25, 0.3) is 0 Å². The second kappa shape index (κ2) is 7.25. The predicted molar refractivity (Wildman–Crippen MR) is 91.1 cm³/mol. The van der Waals surface area contributed by atoms with Crippen molar-refractivity contribution in [2.24, 2.45) is 0 Å². The summed E-state index contributed by atoms with van der Waals surface area (Å²) in [5, 5.41) is 2.66. The van der Waals surface area contributed by atoms with Gasteiger partial charge in [0.2, 0.25) is 0 Å². The average Bonchev–Trinajstić information content (AvgIpc) is 2.71. The molecule has 1 heterocycles. The van der Waals surface area contributed by atoms with Crippen molar-refractivity contribution in [2.45, 2.75) is 33.8 Å². The molecule has 0 atom stereocenters. The molecule has 0 unspecified atom stereocenters. The number of hydrogen-bond acceptors (Lipinski definition) is 3. The van der Waals surface area contributed by atoms with Crippen LogP contribution in [0.3, 0.4) is 0 Å². The second-order valence-electron chi connectivity index (χ2n) is 5.14. The molecule has 0 aliphatic rings. The van der Waals surface area contributed by atoms with Crippen molar-refractivity contribution in [3.05, 3.63) is 28.7 Å². The van der Waals surface area contributed by atoms with Crippen LogP contribution < -0.4 is 10.1 Å². The summed E-state index contributed by atoms with van der Waals surface area (Å²) in [6, 6.07) is 7.95. The number of nitrogens with one attached hydrogen (secondary N) is 1. The molecule has 2 aromatic rings. The summed E-state index contributed by atoms with van der Waals surface area (Å²) >= 11 is 3.37. The molecule has 1 aromatic heterocycles. The number of hydrogen-bond donors (Lipinski definition) is 1. The van der Waals surface area contributed by atoms with E-state index in [0.717, 1.165) is 14.5 Å². The van der Waals surface area contributed by atoms with Gasteiger partial charge in [-0.2, -0.15) is 0 Å². The SMILES string of the molecule is C.CC(C)(C)Oc1nc(NC=O)c(-c2ccc(Br)cc2)[se]1. The number of carbonyl (C=O) groups is 1. The first-order chi connectivity index (χ1) is 9.39. The standard InChI is InChI=1S/C14H15BrN2O2Se.CH4/c1-14(2,3)19-13-17-12(16-8-18)11(20-13)9-4-6-10(15)7-5-9;/h4-8H,1-3H3,(H,16,18);1H4. The number of anilines is 1. The predicted octanol–water partition coefficient (Wildman–Crippen LogP) is 3.95. The van der Waals surface area contributed by atoms with Crippen LogP contribution in [-0.2, 0) is 4.79 Å². The summed E-state index contributed by atoms with van der Waals surface area (Å²) in [6.07, 6.45) is 0.647. The van der Waals surface area contributed by atoms with Crippen molar-refractivity contribution in [2.75, 3.05) is 5.32 Å². The van der Waals surface area contributed by atoms with Gasteiger partial charge in [0.1, 0.15) is 0 Å². The number of ether oxygens (including phenoxy) is 1. The molecule has 1 aromatic carbocycles. The molecule has 2 rings (SSSR count). The molecule has 0 aliphatic carbocycles. The molecule has 0 radical (unpaired) electrons. The van der Waals surface area contributed by atoms with Crippen molar-refractivity contribution in [3.63, 3.8) is 0 Å². The minimum absolute atomic E-state index is 0. The van der Waals surface area contributed by atoms with Crippen LogP contribution in [0.4, 0.5) is 5.82 Å². The van der Waals surface area contributed by atoms with Gasteiger partial charge in [-0.05, 0) is 0 Å². The van der Waals surface area contributed by atoms with E-state index in [1.807, 2.05) is 45.0 Å². The van der Waals surface area contributed by atoms with Gasteiger partial charge in [-0.1, -0.05) is 7.43 Å². The molecule has 1 amide bonds. The molecule has 0 aliphatic heterocycles. The van der Waals surface area contributed by atoms with Crippen LogP contribution in [0.1, 0.15) is 28.2 Å².